The Morgan fingerprint density at radius 3 is 2.61 bits per heavy atom. The van der Waals surface area contributed by atoms with Crippen LogP contribution in [0, 0.1) is 0 Å². The molecule has 1 aromatic carbocycles. The van der Waals surface area contributed by atoms with Crippen molar-refractivity contribution in [3.8, 4) is 0 Å². The average Bonchev–Trinajstić information content (AvgIpc) is 2.33. The zero-order valence-electron chi connectivity index (χ0n) is 9.88. The van der Waals surface area contributed by atoms with Gasteiger partial charge in [0.1, 0.15) is 0 Å². The average molecular weight is 261 g/mol. The van der Waals surface area contributed by atoms with Gasteiger partial charge in [-0.1, -0.05) is 18.2 Å². The van der Waals surface area contributed by atoms with Crippen LogP contribution in [-0.2, 0) is 22.3 Å². The lowest BCUT2D eigenvalue weighted by Gasteiger charge is -2.12. The Bertz CT molecular complexity index is 405. The van der Waals surface area contributed by atoms with E-state index in [9.17, 15) is 18.0 Å². The molecular weight excluding hydrogens is 247 g/mol. The molecule has 0 saturated heterocycles. The van der Waals surface area contributed by atoms with Gasteiger partial charge in [0.05, 0.1) is 19.1 Å². The third-order valence-electron chi connectivity index (χ3n) is 2.37. The summed E-state index contributed by atoms with van der Waals surface area (Å²) in [5.41, 5.74) is -0.495. The highest BCUT2D eigenvalue weighted by molar-refractivity contribution is 5.69. The van der Waals surface area contributed by atoms with Gasteiger partial charge in [0.25, 0.3) is 0 Å². The van der Waals surface area contributed by atoms with Gasteiger partial charge in [-0.3, -0.25) is 4.79 Å². The van der Waals surface area contributed by atoms with Crippen LogP contribution in [-0.4, -0.2) is 19.6 Å². The number of carbonyl (C=O) groups excluding carboxylic acids is 1. The number of rotatable bonds is 5. The first-order chi connectivity index (χ1) is 8.45. The summed E-state index contributed by atoms with van der Waals surface area (Å²) in [5.74, 6) is -0.397. The van der Waals surface area contributed by atoms with E-state index >= 15 is 0 Å². The van der Waals surface area contributed by atoms with E-state index in [0.29, 0.717) is 0 Å². The van der Waals surface area contributed by atoms with E-state index in [1.165, 1.54) is 19.2 Å². The fraction of sp³-hybridized carbons (Fsp3) is 0.417. The van der Waals surface area contributed by atoms with E-state index in [-0.39, 0.29) is 25.1 Å². The Morgan fingerprint density at radius 1 is 1.33 bits per heavy atom. The Hall–Kier alpha value is -1.56. The second-order valence-electron chi connectivity index (χ2n) is 3.66. The molecule has 100 valence electrons. The van der Waals surface area contributed by atoms with Crippen LogP contribution in [0.15, 0.2) is 24.3 Å². The van der Waals surface area contributed by atoms with Gasteiger partial charge in [0.15, 0.2) is 0 Å². The van der Waals surface area contributed by atoms with Gasteiger partial charge in [-0.2, -0.15) is 13.2 Å². The topological polar surface area (TPSA) is 38.3 Å². The highest BCUT2D eigenvalue weighted by Gasteiger charge is 2.32. The lowest BCUT2D eigenvalue weighted by Crippen LogP contribution is -2.20. The maximum Gasteiger partial charge on any atom is 0.416 e. The number of halogens is 3. The zero-order valence-corrected chi connectivity index (χ0v) is 9.88. The number of carbonyl (C=O) groups is 1. The van der Waals surface area contributed by atoms with Crippen molar-refractivity contribution in [1.29, 1.82) is 0 Å². The third kappa shape index (κ3) is 4.37. The molecule has 3 nitrogen and oxygen atoms in total. The van der Waals surface area contributed by atoms with Crippen LogP contribution in [0.5, 0.6) is 0 Å². The van der Waals surface area contributed by atoms with Crippen LogP contribution in [0.2, 0.25) is 0 Å². The van der Waals surface area contributed by atoms with E-state index in [4.69, 9.17) is 0 Å². The molecule has 1 N–H and O–H groups in total. The molecule has 0 unspecified atom stereocenters. The number of esters is 1. The van der Waals surface area contributed by atoms with Crippen molar-refractivity contribution >= 4 is 5.97 Å². The molecular formula is C12H14F3NO2. The summed E-state index contributed by atoms with van der Waals surface area (Å²) in [7, 11) is 1.27. The van der Waals surface area contributed by atoms with Crippen LogP contribution in [0.3, 0.4) is 0 Å². The standard InChI is InChI=1S/C12H14F3NO2/c1-18-11(17)6-7-16-8-9-4-2-3-5-10(9)12(13,14)15/h2-5,16H,6-8H2,1H3. The largest absolute Gasteiger partial charge is 0.469 e. The predicted octanol–water partition coefficient (Wildman–Crippen LogP) is 2.36. The van der Waals surface area contributed by atoms with Gasteiger partial charge in [-0.05, 0) is 11.6 Å². The van der Waals surface area contributed by atoms with Crippen molar-refractivity contribution < 1.29 is 22.7 Å². The number of hydrogen-bond acceptors (Lipinski definition) is 3. The summed E-state index contributed by atoms with van der Waals surface area (Å²) in [6.45, 7) is 0.339. The highest BCUT2D eigenvalue weighted by atomic mass is 19.4. The maximum atomic E-state index is 12.6. The highest BCUT2D eigenvalue weighted by Crippen LogP contribution is 2.31. The fourth-order valence-corrected chi connectivity index (χ4v) is 1.47. The van der Waals surface area contributed by atoms with Gasteiger partial charge in [0, 0.05) is 13.1 Å². The lowest BCUT2D eigenvalue weighted by atomic mass is 10.1. The summed E-state index contributed by atoms with van der Waals surface area (Å²) in [5, 5.41) is 2.78. The smallest absolute Gasteiger partial charge is 0.416 e. The molecule has 6 heteroatoms. The van der Waals surface area contributed by atoms with Crippen molar-refractivity contribution in [2.75, 3.05) is 13.7 Å². The number of nitrogens with one attached hydrogen (secondary N) is 1. The summed E-state index contributed by atoms with van der Waals surface area (Å²) in [6, 6.07) is 5.35. The molecule has 0 amide bonds. The molecule has 0 fully saturated rings. The number of ether oxygens (including phenoxy) is 1. The van der Waals surface area contributed by atoms with Gasteiger partial charge < -0.3 is 10.1 Å². The second kappa shape index (κ2) is 6.39. The summed E-state index contributed by atoms with van der Waals surface area (Å²) >= 11 is 0. The first kappa shape index (κ1) is 14.5. The lowest BCUT2D eigenvalue weighted by molar-refractivity contribution is -0.141. The molecule has 0 atom stereocenters. The van der Waals surface area contributed by atoms with Gasteiger partial charge in [0.2, 0.25) is 0 Å². The molecule has 0 spiro atoms. The van der Waals surface area contributed by atoms with E-state index in [1.54, 1.807) is 6.07 Å². The van der Waals surface area contributed by atoms with Crippen molar-refractivity contribution in [3.05, 3.63) is 35.4 Å². The first-order valence-corrected chi connectivity index (χ1v) is 5.38. The number of alkyl halides is 3. The van der Waals surface area contributed by atoms with Gasteiger partial charge in [-0.15, -0.1) is 0 Å². The minimum absolute atomic E-state index is 0.0622. The monoisotopic (exact) mass is 261 g/mol. The molecule has 0 saturated carbocycles. The minimum Gasteiger partial charge on any atom is -0.469 e. The van der Waals surface area contributed by atoms with Crippen LogP contribution in [0.1, 0.15) is 17.5 Å². The van der Waals surface area contributed by atoms with Crippen molar-refractivity contribution in [2.24, 2.45) is 0 Å². The van der Waals surface area contributed by atoms with E-state index < -0.39 is 17.7 Å². The van der Waals surface area contributed by atoms with Crippen LogP contribution < -0.4 is 5.32 Å². The predicted molar refractivity (Wildman–Crippen MR) is 59.8 cm³/mol. The molecule has 0 aliphatic carbocycles. The zero-order chi connectivity index (χ0) is 13.6. The molecule has 0 radical (unpaired) electrons. The molecule has 0 aliphatic rings. The van der Waals surface area contributed by atoms with E-state index in [2.05, 4.69) is 10.1 Å². The Labute approximate surface area is 103 Å². The molecule has 0 heterocycles. The van der Waals surface area contributed by atoms with E-state index in [0.717, 1.165) is 6.07 Å². The molecule has 18 heavy (non-hydrogen) atoms. The van der Waals surface area contributed by atoms with Crippen molar-refractivity contribution in [1.82, 2.24) is 5.32 Å². The van der Waals surface area contributed by atoms with Crippen LogP contribution >= 0.6 is 0 Å². The molecule has 1 aromatic rings. The third-order valence-corrected chi connectivity index (χ3v) is 2.37. The second-order valence-corrected chi connectivity index (χ2v) is 3.66. The summed E-state index contributed by atoms with van der Waals surface area (Å²) < 4.78 is 42.3. The van der Waals surface area contributed by atoms with Crippen LogP contribution in [0.25, 0.3) is 0 Å². The van der Waals surface area contributed by atoms with Gasteiger partial charge >= 0.3 is 12.1 Å². The Balaban J connectivity index is 2.55. The molecule has 0 aromatic heterocycles. The SMILES string of the molecule is COC(=O)CCNCc1ccccc1C(F)(F)F. The van der Waals surface area contributed by atoms with Crippen LogP contribution in [0.4, 0.5) is 13.2 Å². The van der Waals surface area contributed by atoms with Crippen molar-refractivity contribution in [2.45, 2.75) is 19.1 Å². The quantitative estimate of drug-likeness (QED) is 0.653. The maximum absolute atomic E-state index is 12.6. The minimum atomic E-state index is -4.36. The van der Waals surface area contributed by atoms with E-state index in [1.807, 2.05) is 0 Å². The Kier molecular flexibility index (Phi) is 5.15. The number of hydrogen-bond donors (Lipinski definition) is 1. The summed E-state index contributed by atoms with van der Waals surface area (Å²) in [6.07, 6.45) is -4.23. The molecule has 0 aliphatic heterocycles. The summed E-state index contributed by atoms with van der Waals surface area (Å²) in [4.78, 5) is 10.8. The Morgan fingerprint density at radius 2 is 2.00 bits per heavy atom. The fourth-order valence-electron chi connectivity index (χ4n) is 1.47. The van der Waals surface area contributed by atoms with Gasteiger partial charge in [-0.25, -0.2) is 0 Å². The molecule has 1 rings (SSSR count). The first-order valence-electron chi connectivity index (χ1n) is 5.38. The molecule has 0 bridgehead atoms. The number of methoxy groups -OCH3 is 1. The number of benzene rings is 1. The normalized spacial score (nSPS) is 11.3. The van der Waals surface area contributed by atoms with Crippen molar-refractivity contribution in [3.63, 3.8) is 0 Å².